The Kier molecular flexibility index (Phi) is 5.15. The first-order valence-corrected chi connectivity index (χ1v) is 6.90. The molecule has 0 radical (unpaired) electrons. The third-order valence-electron chi connectivity index (χ3n) is 3.27. The number of hydrogen-bond acceptors (Lipinski definition) is 2. The van der Waals surface area contributed by atoms with E-state index in [-0.39, 0.29) is 16.8 Å². The van der Waals surface area contributed by atoms with Gasteiger partial charge < -0.3 is 10.1 Å². The van der Waals surface area contributed by atoms with E-state index in [1.54, 1.807) is 18.2 Å². The van der Waals surface area contributed by atoms with Crippen LogP contribution in [0.1, 0.15) is 24.1 Å². The van der Waals surface area contributed by atoms with Crippen molar-refractivity contribution in [3.8, 4) is 5.75 Å². The molecule has 112 valence electrons. The van der Waals surface area contributed by atoms with Gasteiger partial charge >= 0.3 is 0 Å². The van der Waals surface area contributed by atoms with Gasteiger partial charge in [-0.2, -0.15) is 0 Å². The van der Waals surface area contributed by atoms with E-state index in [1.807, 2.05) is 6.92 Å². The molecular formula is C16H16ClF2NO. The molecule has 0 spiro atoms. The van der Waals surface area contributed by atoms with Crippen LogP contribution >= 0.6 is 11.6 Å². The van der Waals surface area contributed by atoms with Gasteiger partial charge in [-0.25, -0.2) is 8.78 Å². The molecule has 2 aromatic rings. The SMILES string of the molecule is COc1ccc(C(C)NCc2ccc(Cl)c(F)c2)cc1F. The predicted molar refractivity (Wildman–Crippen MR) is 79.6 cm³/mol. The first-order valence-electron chi connectivity index (χ1n) is 6.52. The van der Waals surface area contributed by atoms with E-state index in [9.17, 15) is 8.78 Å². The summed E-state index contributed by atoms with van der Waals surface area (Å²) in [4.78, 5) is 0. The van der Waals surface area contributed by atoms with Gasteiger partial charge in [0.15, 0.2) is 11.6 Å². The molecule has 0 fully saturated rings. The summed E-state index contributed by atoms with van der Waals surface area (Å²) in [6.45, 7) is 2.37. The highest BCUT2D eigenvalue weighted by molar-refractivity contribution is 6.30. The van der Waals surface area contributed by atoms with Gasteiger partial charge in [0.2, 0.25) is 0 Å². The minimum absolute atomic E-state index is 0.0795. The average molecular weight is 312 g/mol. The largest absolute Gasteiger partial charge is 0.494 e. The second kappa shape index (κ2) is 6.87. The lowest BCUT2D eigenvalue weighted by Gasteiger charge is -2.15. The normalized spacial score (nSPS) is 12.2. The molecular weight excluding hydrogens is 296 g/mol. The lowest BCUT2D eigenvalue weighted by Crippen LogP contribution is -2.18. The molecule has 0 saturated carbocycles. The number of rotatable bonds is 5. The predicted octanol–water partition coefficient (Wildman–Crippen LogP) is 4.48. The van der Waals surface area contributed by atoms with Crippen molar-refractivity contribution in [3.63, 3.8) is 0 Å². The third-order valence-corrected chi connectivity index (χ3v) is 3.58. The zero-order valence-corrected chi connectivity index (χ0v) is 12.5. The van der Waals surface area contributed by atoms with Crippen LogP contribution in [0.4, 0.5) is 8.78 Å². The highest BCUT2D eigenvalue weighted by Gasteiger charge is 2.10. The van der Waals surface area contributed by atoms with E-state index in [0.29, 0.717) is 6.54 Å². The lowest BCUT2D eigenvalue weighted by atomic mass is 10.1. The summed E-state index contributed by atoms with van der Waals surface area (Å²) >= 11 is 5.64. The molecule has 0 bridgehead atoms. The van der Waals surface area contributed by atoms with E-state index < -0.39 is 11.6 Å². The van der Waals surface area contributed by atoms with E-state index in [4.69, 9.17) is 16.3 Å². The van der Waals surface area contributed by atoms with Gasteiger partial charge in [-0.3, -0.25) is 0 Å². The molecule has 21 heavy (non-hydrogen) atoms. The quantitative estimate of drug-likeness (QED) is 0.879. The molecule has 0 saturated heterocycles. The zero-order chi connectivity index (χ0) is 15.4. The van der Waals surface area contributed by atoms with Gasteiger partial charge in [-0.1, -0.05) is 23.7 Å². The van der Waals surface area contributed by atoms with Crippen LogP contribution in [0, 0.1) is 11.6 Å². The lowest BCUT2D eigenvalue weighted by molar-refractivity contribution is 0.385. The molecule has 5 heteroatoms. The molecule has 0 aliphatic heterocycles. The topological polar surface area (TPSA) is 21.3 Å². The fourth-order valence-corrected chi connectivity index (χ4v) is 2.11. The maximum absolute atomic E-state index is 13.7. The minimum atomic E-state index is -0.445. The second-order valence-corrected chi connectivity index (χ2v) is 5.15. The number of nitrogens with one attached hydrogen (secondary N) is 1. The number of hydrogen-bond donors (Lipinski definition) is 1. The third kappa shape index (κ3) is 3.93. The summed E-state index contributed by atoms with van der Waals surface area (Å²) in [5, 5.41) is 3.31. The summed E-state index contributed by atoms with van der Waals surface area (Å²) in [7, 11) is 1.43. The summed E-state index contributed by atoms with van der Waals surface area (Å²) in [5.41, 5.74) is 1.57. The summed E-state index contributed by atoms with van der Waals surface area (Å²) in [6.07, 6.45) is 0. The molecule has 1 unspecified atom stereocenters. The van der Waals surface area contributed by atoms with Crippen LogP contribution in [0.5, 0.6) is 5.75 Å². The molecule has 2 aromatic carbocycles. The number of halogens is 3. The summed E-state index contributed by atoms with van der Waals surface area (Å²) < 4.78 is 31.9. The minimum Gasteiger partial charge on any atom is -0.494 e. The average Bonchev–Trinajstić information content (AvgIpc) is 2.48. The van der Waals surface area contributed by atoms with Crippen LogP contribution in [-0.2, 0) is 6.54 Å². The summed E-state index contributed by atoms with van der Waals surface area (Å²) in [6, 6.07) is 9.39. The van der Waals surface area contributed by atoms with Gasteiger partial charge in [0.25, 0.3) is 0 Å². The maximum Gasteiger partial charge on any atom is 0.165 e. The molecule has 1 atom stereocenters. The van der Waals surface area contributed by atoms with Crippen molar-refractivity contribution in [2.75, 3.05) is 7.11 Å². The Morgan fingerprint density at radius 2 is 1.90 bits per heavy atom. The number of ether oxygens (including phenoxy) is 1. The molecule has 1 N–H and O–H groups in total. The first-order chi connectivity index (χ1) is 10.0. The van der Waals surface area contributed by atoms with Gasteiger partial charge in [0.1, 0.15) is 5.82 Å². The Balaban J connectivity index is 2.02. The van der Waals surface area contributed by atoms with Gasteiger partial charge in [0, 0.05) is 12.6 Å². The Bertz CT molecular complexity index is 634. The van der Waals surface area contributed by atoms with Crippen molar-refractivity contribution in [1.29, 1.82) is 0 Å². The first kappa shape index (κ1) is 15.7. The molecule has 0 aliphatic rings. The monoisotopic (exact) mass is 311 g/mol. The fourth-order valence-electron chi connectivity index (χ4n) is 1.99. The summed E-state index contributed by atoms with van der Waals surface area (Å²) in [5.74, 6) is -0.633. The smallest absolute Gasteiger partial charge is 0.165 e. The maximum atomic E-state index is 13.7. The van der Waals surface area contributed by atoms with Crippen molar-refractivity contribution in [1.82, 2.24) is 5.32 Å². The molecule has 2 rings (SSSR count). The molecule has 0 aliphatic carbocycles. The number of benzene rings is 2. The van der Waals surface area contributed by atoms with Crippen LogP contribution in [0.2, 0.25) is 5.02 Å². The van der Waals surface area contributed by atoms with Crippen LogP contribution in [0.15, 0.2) is 36.4 Å². The Morgan fingerprint density at radius 3 is 2.52 bits per heavy atom. The standard InChI is InChI=1S/C16H16ClF2NO/c1-10(12-4-6-16(21-2)15(19)8-12)20-9-11-3-5-13(17)14(18)7-11/h3-8,10,20H,9H2,1-2H3. The Morgan fingerprint density at radius 1 is 1.14 bits per heavy atom. The van der Waals surface area contributed by atoms with Crippen molar-refractivity contribution in [3.05, 3.63) is 64.2 Å². The zero-order valence-electron chi connectivity index (χ0n) is 11.8. The molecule has 0 heterocycles. The van der Waals surface area contributed by atoms with Crippen molar-refractivity contribution >= 4 is 11.6 Å². The van der Waals surface area contributed by atoms with E-state index in [1.165, 1.54) is 25.3 Å². The highest BCUT2D eigenvalue weighted by Crippen LogP contribution is 2.22. The number of methoxy groups -OCH3 is 1. The van der Waals surface area contributed by atoms with Crippen LogP contribution in [0.3, 0.4) is 0 Å². The van der Waals surface area contributed by atoms with Crippen molar-refractivity contribution in [2.45, 2.75) is 19.5 Å². The highest BCUT2D eigenvalue weighted by atomic mass is 35.5. The van der Waals surface area contributed by atoms with Crippen LogP contribution < -0.4 is 10.1 Å². The molecule has 0 amide bonds. The molecule has 2 nitrogen and oxygen atoms in total. The Hall–Kier alpha value is -1.65. The van der Waals surface area contributed by atoms with Crippen molar-refractivity contribution in [2.24, 2.45) is 0 Å². The van der Waals surface area contributed by atoms with Gasteiger partial charge in [-0.05, 0) is 42.3 Å². The Labute approximate surface area is 127 Å². The van der Waals surface area contributed by atoms with E-state index >= 15 is 0 Å². The fraction of sp³-hybridized carbons (Fsp3) is 0.250. The second-order valence-electron chi connectivity index (χ2n) is 4.75. The van der Waals surface area contributed by atoms with Gasteiger partial charge in [-0.15, -0.1) is 0 Å². The van der Waals surface area contributed by atoms with Crippen LogP contribution in [0.25, 0.3) is 0 Å². The van der Waals surface area contributed by atoms with Crippen molar-refractivity contribution < 1.29 is 13.5 Å². The van der Waals surface area contributed by atoms with Gasteiger partial charge in [0.05, 0.1) is 12.1 Å². The van der Waals surface area contributed by atoms with E-state index in [2.05, 4.69) is 5.32 Å². The van der Waals surface area contributed by atoms with E-state index in [0.717, 1.165) is 11.1 Å². The molecule has 0 aromatic heterocycles. The van der Waals surface area contributed by atoms with Crippen LogP contribution in [-0.4, -0.2) is 7.11 Å².